The SMILES string of the molecule is [C-]#[N+]c1c(-c2ccc(-c3ccccc3C(=O)O)cc2)c(C(=O)O)n(C)c1CC. The van der Waals surface area contributed by atoms with Crippen molar-refractivity contribution in [1.82, 2.24) is 4.57 Å². The van der Waals surface area contributed by atoms with Crippen molar-refractivity contribution in [3.05, 3.63) is 76.9 Å². The number of carboxylic acids is 2. The van der Waals surface area contributed by atoms with E-state index in [4.69, 9.17) is 6.57 Å². The first kappa shape index (κ1) is 18.9. The zero-order valence-corrected chi connectivity index (χ0v) is 15.4. The summed E-state index contributed by atoms with van der Waals surface area (Å²) in [4.78, 5) is 26.9. The molecule has 2 N–H and O–H groups in total. The summed E-state index contributed by atoms with van der Waals surface area (Å²) in [5.41, 5.74) is 3.54. The van der Waals surface area contributed by atoms with Crippen LogP contribution in [0, 0.1) is 6.57 Å². The molecular formula is C22H18N2O4. The topological polar surface area (TPSA) is 83.9 Å². The van der Waals surface area contributed by atoms with Gasteiger partial charge in [-0.15, -0.1) is 0 Å². The van der Waals surface area contributed by atoms with Crippen LogP contribution in [0.25, 0.3) is 27.1 Å². The molecule has 3 rings (SSSR count). The third-order valence-corrected chi connectivity index (χ3v) is 4.78. The average molecular weight is 374 g/mol. The summed E-state index contributed by atoms with van der Waals surface area (Å²) >= 11 is 0. The normalized spacial score (nSPS) is 10.5. The molecule has 3 aromatic rings. The first-order valence-corrected chi connectivity index (χ1v) is 8.66. The minimum absolute atomic E-state index is 0.0709. The maximum absolute atomic E-state index is 11.8. The molecule has 6 nitrogen and oxygen atoms in total. The molecule has 0 spiro atoms. The molecular weight excluding hydrogens is 356 g/mol. The van der Waals surface area contributed by atoms with E-state index < -0.39 is 11.9 Å². The number of carbonyl (C=O) groups is 2. The van der Waals surface area contributed by atoms with E-state index in [1.165, 1.54) is 6.07 Å². The van der Waals surface area contributed by atoms with Gasteiger partial charge in [0.2, 0.25) is 5.69 Å². The molecule has 28 heavy (non-hydrogen) atoms. The van der Waals surface area contributed by atoms with Crippen LogP contribution in [0.15, 0.2) is 48.5 Å². The molecule has 2 aromatic carbocycles. The Balaban J connectivity index is 2.18. The molecule has 6 heteroatoms. The maximum Gasteiger partial charge on any atom is 0.351 e. The fraction of sp³-hybridized carbons (Fsp3) is 0.136. The van der Waals surface area contributed by atoms with Gasteiger partial charge in [0.25, 0.3) is 0 Å². The summed E-state index contributed by atoms with van der Waals surface area (Å²) in [5, 5.41) is 19.1. The summed E-state index contributed by atoms with van der Waals surface area (Å²) in [6.45, 7) is 9.41. The van der Waals surface area contributed by atoms with Crippen LogP contribution in [0.2, 0.25) is 0 Å². The van der Waals surface area contributed by atoms with E-state index in [1.807, 2.05) is 6.92 Å². The van der Waals surface area contributed by atoms with E-state index in [0.717, 1.165) is 0 Å². The average Bonchev–Trinajstić information content (AvgIpc) is 2.99. The molecule has 1 aromatic heterocycles. The number of aromatic carboxylic acids is 2. The van der Waals surface area contributed by atoms with Crippen LogP contribution in [0.3, 0.4) is 0 Å². The predicted octanol–water partition coefficient (Wildman–Crippen LogP) is 4.87. The van der Waals surface area contributed by atoms with Crippen molar-refractivity contribution in [1.29, 1.82) is 0 Å². The third-order valence-electron chi connectivity index (χ3n) is 4.78. The Kier molecular flexibility index (Phi) is 5.01. The van der Waals surface area contributed by atoms with E-state index >= 15 is 0 Å². The van der Waals surface area contributed by atoms with Gasteiger partial charge in [0, 0.05) is 18.3 Å². The summed E-state index contributed by atoms with van der Waals surface area (Å²) in [6, 6.07) is 13.6. The highest BCUT2D eigenvalue weighted by Crippen LogP contribution is 2.40. The van der Waals surface area contributed by atoms with Gasteiger partial charge in [0.1, 0.15) is 5.69 Å². The zero-order chi connectivity index (χ0) is 20.4. The van der Waals surface area contributed by atoms with Gasteiger partial charge >= 0.3 is 11.9 Å². The van der Waals surface area contributed by atoms with Gasteiger partial charge in [-0.25, -0.2) is 14.4 Å². The van der Waals surface area contributed by atoms with Gasteiger partial charge in [0.05, 0.1) is 12.1 Å². The van der Waals surface area contributed by atoms with Gasteiger partial charge in [0.15, 0.2) is 0 Å². The van der Waals surface area contributed by atoms with Gasteiger partial charge < -0.3 is 14.8 Å². The van der Waals surface area contributed by atoms with Crippen LogP contribution >= 0.6 is 0 Å². The van der Waals surface area contributed by atoms with E-state index in [2.05, 4.69) is 4.85 Å². The maximum atomic E-state index is 11.8. The van der Waals surface area contributed by atoms with Crippen molar-refractivity contribution < 1.29 is 19.8 Å². The van der Waals surface area contributed by atoms with Crippen LogP contribution < -0.4 is 0 Å². The van der Waals surface area contributed by atoms with E-state index in [1.54, 1.807) is 54.1 Å². The number of hydrogen-bond donors (Lipinski definition) is 2. The molecule has 140 valence electrons. The van der Waals surface area contributed by atoms with Crippen LogP contribution in [-0.2, 0) is 13.5 Å². The second-order valence-electron chi connectivity index (χ2n) is 6.28. The van der Waals surface area contributed by atoms with Gasteiger partial charge in [-0.3, -0.25) is 0 Å². The van der Waals surface area contributed by atoms with Gasteiger partial charge in [-0.1, -0.05) is 49.4 Å². The van der Waals surface area contributed by atoms with Crippen LogP contribution in [0.4, 0.5) is 5.69 Å². The summed E-state index contributed by atoms with van der Waals surface area (Å²) < 4.78 is 1.55. The Morgan fingerprint density at radius 1 is 1.00 bits per heavy atom. The molecule has 0 aliphatic rings. The monoisotopic (exact) mass is 374 g/mol. The zero-order valence-electron chi connectivity index (χ0n) is 15.4. The lowest BCUT2D eigenvalue weighted by Gasteiger charge is -2.09. The smallest absolute Gasteiger partial charge is 0.351 e. The van der Waals surface area contributed by atoms with E-state index in [9.17, 15) is 19.8 Å². The van der Waals surface area contributed by atoms with Crippen molar-refractivity contribution >= 4 is 17.6 Å². The van der Waals surface area contributed by atoms with Gasteiger partial charge in [-0.2, -0.15) is 0 Å². The minimum atomic E-state index is -1.10. The second-order valence-corrected chi connectivity index (χ2v) is 6.28. The standard InChI is InChI=1S/C22H18N2O4/c1-4-17-19(23-2)18(20(22(27)28)24(17)3)14-11-9-13(10-12-14)15-7-5-6-8-16(15)21(25)26/h5-12H,4H2,1,3H3,(H,25,26)(H,27,28). The molecule has 0 saturated heterocycles. The Hall–Kier alpha value is -3.85. The molecule has 0 saturated carbocycles. The second kappa shape index (κ2) is 7.41. The van der Waals surface area contributed by atoms with Crippen molar-refractivity contribution in [2.24, 2.45) is 7.05 Å². The van der Waals surface area contributed by atoms with Crippen LogP contribution in [0.5, 0.6) is 0 Å². The van der Waals surface area contributed by atoms with Crippen molar-refractivity contribution in [2.75, 3.05) is 0 Å². The molecule has 0 aliphatic carbocycles. The van der Waals surface area contributed by atoms with Crippen molar-refractivity contribution in [2.45, 2.75) is 13.3 Å². The highest BCUT2D eigenvalue weighted by Gasteiger charge is 2.25. The lowest BCUT2D eigenvalue weighted by Crippen LogP contribution is -2.07. The molecule has 0 aliphatic heterocycles. The first-order chi connectivity index (χ1) is 13.4. The Bertz CT molecular complexity index is 1120. The number of carboxylic acid groups (broad SMARTS) is 2. The molecule has 1 heterocycles. The first-order valence-electron chi connectivity index (χ1n) is 8.66. The lowest BCUT2D eigenvalue weighted by molar-refractivity contribution is 0.0680. The van der Waals surface area contributed by atoms with E-state index in [0.29, 0.717) is 40.1 Å². The Morgan fingerprint density at radius 2 is 1.61 bits per heavy atom. The van der Waals surface area contributed by atoms with Crippen molar-refractivity contribution in [3.63, 3.8) is 0 Å². The Morgan fingerprint density at radius 3 is 2.14 bits per heavy atom. The van der Waals surface area contributed by atoms with Gasteiger partial charge in [-0.05, 0) is 29.2 Å². The largest absolute Gasteiger partial charge is 0.478 e. The number of nitrogens with zero attached hydrogens (tertiary/aromatic N) is 2. The summed E-state index contributed by atoms with van der Waals surface area (Å²) in [5.74, 6) is -2.11. The summed E-state index contributed by atoms with van der Waals surface area (Å²) in [6.07, 6.45) is 0.540. The predicted molar refractivity (Wildman–Crippen MR) is 106 cm³/mol. The number of benzene rings is 2. The highest BCUT2D eigenvalue weighted by molar-refractivity contribution is 6.01. The number of aromatic nitrogens is 1. The molecule has 0 fully saturated rings. The molecule has 0 atom stereocenters. The molecule has 0 bridgehead atoms. The number of rotatable bonds is 5. The van der Waals surface area contributed by atoms with Crippen LogP contribution in [-0.4, -0.2) is 26.7 Å². The fourth-order valence-corrected chi connectivity index (χ4v) is 3.50. The minimum Gasteiger partial charge on any atom is -0.478 e. The lowest BCUT2D eigenvalue weighted by atomic mass is 9.96. The number of hydrogen-bond acceptors (Lipinski definition) is 2. The highest BCUT2D eigenvalue weighted by atomic mass is 16.4. The van der Waals surface area contributed by atoms with Crippen LogP contribution in [0.1, 0.15) is 33.5 Å². The molecule has 0 amide bonds. The Labute approximate surface area is 162 Å². The molecule has 0 radical (unpaired) electrons. The molecule has 0 unspecified atom stereocenters. The fourth-order valence-electron chi connectivity index (χ4n) is 3.50. The third kappa shape index (κ3) is 3.03. The van der Waals surface area contributed by atoms with E-state index in [-0.39, 0.29) is 11.3 Å². The quantitative estimate of drug-likeness (QED) is 0.624. The van der Waals surface area contributed by atoms with Crippen molar-refractivity contribution in [3.8, 4) is 22.3 Å². The summed E-state index contributed by atoms with van der Waals surface area (Å²) in [7, 11) is 1.65.